The van der Waals surface area contributed by atoms with Crippen LogP contribution in [0.15, 0.2) is 11.2 Å². The van der Waals surface area contributed by atoms with Gasteiger partial charge in [0.1, 0.15) is 0 Å². The molecule has 0 bridgehead atoms. The Morgan fingerprint density at radius 3 is 2.61 bits per heavy atom. The predicted octanol–water partition coefficient (Wildman–Crippen LogP) is 2.04. The topological polar surface area (TPSA) is 81.8 Å². The lowest BCUT2D eigenvalue weighted by molar-refractivity contribution is 0.1000. The van der Waals surface area contributed by atoms with E-state index in [1.54, 1.807) is 0 Å². The maximum atomic E-state index is 11.1. The van der Waals surface area contributed by atoms with Crippen molar-refractivity contribution in [1.29, 1.82) is 0 Å². The minimum Gasteiger partial charge on any atom is -0.364 e. The van der Waals surface area contributed by atoms with E-state index in [1.807, 2.05) is 26.2 Å². The molecule has 0 aliphatic heterocycles. The molecular formula is C11H12N4OS2. The fourth-order valence-electron chi connectivity index (χ4n) is 1.49. The number of nitrogens with zero attached hydrogens (tertiary/aromatic N) is 3. The fourth-order valence-corrected chi connectivity index (χ4v) is 2.79. The molecule has 94 valence electrons. The zero-order chi connectivity index (χ0) is 13.3. The minimum atomic E-state index is -0.509. The molecule has 0 aromatic carbocycles. The Morgan fingerprint density at radius 1 is 1.33 bits per heavy atom. The van der Waals surface area contributed by atoms with Crippen LogP contribution in [0.2, 0.25) is 0 Å². The lowest BCUT2D eigenvalue weighted by Crippen LogP contribution is -2.10. The second kappa shape index (κ2) is 5.03. The summed E-state index contributed by atoms with van der Waals surface area (Å²) < 4.78 is 0. The van der Waals surface area contributed by atoms with Crippen molar-refractivity contribution in [2.45, 2.75) is 19.0 Å². The van der Waals surface area contributed by atoms with Crippen LogP contribution >= 0.6 is 23.1 Å². The van der Waals surface area contributed by atoms with Gasteiger partial charge >= 0.3 is 0 Å². The number of primary amides is 1. The third-order valence-corrected chi connectivity index (χ3v) is 4.00. The van der Waals surface area contributed by atoms with Crippen molar-refractivity contribution in [2.24, 2.45) is 5.73 Å². The van der Waals surface area contributed by atoms with E-state index < -0.39 is 5.91 Å². The molecule has 0 aliphatic rings. The molecule has 1 amide bonds. The number of aryl methyl sites for hydroxylation is 2. The van der Waals surface area contributed by atoms with E-state index in [0.29, 0.717) is 10.2 Å². The van der Waals surface area contributed by atoms with Crippen molar-refractivity contribution < 1.29 is 4.79 Å². The van der Waals surface area contributed by atoms with E-state index in [9.17, 15) is 4.79 Å². The largest absolute Gasteiger partial charge is 0.364 e. The molecule has 0 atom stereocenters. The summed E-state index contributed by atoms with van der Waals surface area (Å²) in [6.07, 6.45) is 1.92. The molecule has 2 N–H and O–H groups in total. The number of thioether (sulfide) groups is 1. The van der Waals surface area contributed by atoms with Gasteiger partial charge in [0, 0.05) is 5.69 Å². The number of carbonyl (C=O) groups excluding carboxylic acids is 1. The van der Waals surface area contributed by atoms with Gasteiger partial charge in [-0.25, -0.2) is 15.0 Å². The molecule has 2 rings (SSSR count). The number of aromatic nitrogens is 3. The second-order valence-corrected chi connectivity index (χ2v) is 5.45. The Kier molecular flexibility index (Phi) is 3.63. The summed E-state index contributed by atoms with van der Waals surface area (Å²) in [6.45, 7) is 3.75. The first kappa shape index (κ1) is 13.0. The molecule has 0 fully saturated rings. The van der Waals surface area contributed by atoms with Crippen LogP contribution in [-0.2, 0) is 0 Å². The molecular weight excluding hydrogens is 268 g/mol. The maximum Gasteiger partial charge on any atom is 0.277 e. The SMILES string of the molecule is CSc1nc(C)cc(-c2sc(C(N)=O)nc2C)n1. The Labute approximate surface area is 113 Å². The molecule has 0 spiro atoms. The van der Waals surface area contributed by atoms with E-state index in [4.69, 9.17) is 5.73 Å². The summed E-state index contributed by atoms with van der Waals surface area (Å²) in [6, 6.07) is 1.88. The average Bonchev–Trinajstić information content (AvgIpc) is 2.70. The Morgan fingerprint density at radius 2 is 2.06 bits per heavy atom. The van der Waals surface area contributed by atoms with Crippen LogP contribution in [0.5, 0.6) is 0 Å². The molecule has 0 saturated heterocycles. The number of nitrogens with two attached hydrogens (primary N) is 1. The van der Waals surface area contributed by atoms with E-state index in [-0.39, 0.29) is 0 Å². The quantitative estimate of drug-likeness (QED) is 0.687. The summed E-state index contributed by atoms with van der Waals surface area (Å²) in [5.41, 5.74) is 7.67. The van der Waals surface area contributed by atoms with Gasteiger partial charge in [-0.15, -0.1) is 11.3 Å². The molecule has 2 heterocycles. The van der Waals surface area contributed by atoms with Crippen molar-refractivity contribution in [3.8, 4) is 10.6 Å². The standard InChI is InChI=1S/C11H12N4OS2/c1-5-4-7(15-11(13-5)17-3)8-6(2)14-10(18-8)9(12)16/h4H,1-3H3,(H2,12,16). The van der Waals surface area contributed by atoms with Crippen molar-refractivity contribution in [3.05, 3.63) is 22.5 Å². The molecule has 0 aliphatic carbocycles. The molecule has 2 aromatic heterocycles. The van der Waals surface area contributed by atoms with Crippen molar-refractivity contribution in [2.75, 3.05) is 6.26 Å². The molecule has 2 aromatic rings. The van der Waals surface area contributed by atoms with Gasteiger partial charge in [0.25, 0.3) is 5.91 Å². The van der Waals surface area contributed by atoms with Gasteiger partial charge in [-0.05, 0) is 26.2 Å². The van der Waals surface area contributed by atoms with E-state index in [0.717, 1.165) is 22.0 Å². The Hall–Kier alpha value is -1.47. The van der Waals surface area contributed by atoms with Crippen molar-refractivity contribution >= 4 is 29.0 Å². The lowest BCUT2D eigenvalue weighted by atomic mass is 10.2. The highest BCUT2D eigenvalue weighted by Gasteiger charge is 2.15. The van der Waals surface area contributed by atoms with Gasteiger partial charge in [-0.3, -0.25) is 4.79 Å². The Balaban J connectivity index is 2.54. The summed E-state index contributed by atoms with van der Waals surface area (Å²) in [7, 11) is 0. The Bertz CT molecular complexity index is 609. The first-order valence-corrected chi connectivity index (χ1v) is 7.22. The van der Waals surface area contributed by atoms with Crippen LogP contribution in [0.1, 0.15) is 21.2 Å². The highest BCUT2D eigenvalue weighted by atomic mass is 32.2. The third kappa shape index (κ3) is 2.51. The summed E-state index contributed by atoms with van der Waals surface area (Å²) >= 11 is 2.74. The first-order valence-electron chi connectivity index (χ1n) is 5.18. The van der Waals surface area contributed by atoms with Crippen LogP contribution in [0, 0.1) is 13.8 Å². The van der Waals surface area contributed by atoms with Gasteiger partial charge in [0.05, 0.1) is 16.3 Å². The first-order chi connectivity index (χ1) is 8.51. The smallest absolute Gasteiger partial charge is 0.277 e. The van der Waals surface area contributed by atoms with Gasteiger partial charge in [0.15, 0.2) is 10.2 Å². The highest BCUT2D eigenvalue weighted by Crippen LogP contribution is 2.29. The van der Waals surface area contributed by atoms with E-state index in [1.165, 1.54) is 23.1 Å². The summed E-state index contributed by atoms with van der Waals surface area (Å²) in [4.78, 5) is 24.9. The highest BCUT2D eigenvalue weighted by molar-refractivity contribution is 7.98. The van der Waals surface area contributed by atoms with E-state index >= 15 is 0 Å². The second-order valence-electron chi connectivity index (χ2n) is 3.68. The number of carbonyl (C=O) groups is 1. The monoisotopic (exact) mass is 280 g/mol. The van der Waals surface area contributed by atoms with Crippen LogP contribution in [0.4, 0.5) is 0 Å². The van der Waals surface area contributed by atoms with E-state index in [2.05, 4.69) is 15.0 Å². The number of amides is 1. The zero-order valence-electron chi connectivity index (χ0n) is 10.2. The molecule has 0 unspecified atom stereocenters. The maximum absolute atomic E-state index is 11.1. The summed E-state index contributed by atoms with van der Waals surface area (Å²) in [5, 5.41) is 1.02. The molecule has 5 nitrogen and oxygen atoms in total. The number of hydrogen-bond donors (Lipinski definition) is 1. The summed E-state index contributed by atoms with van der Waals surface area (Å²) in [5.74, 6) is -0.509. The van der Waals surface area contributed by atoms with Crippen LogP contribution in [0.25, 0.3) is 10.6 Å². The zero-order valence-corrected chi connectivity index (χ0v) is 11.9. The van der Waals surface area contributed by atoms with Crippen LogP contribution < -0.4 is 5.73 Å². The van der Waals surface area contributed by atoms with Gasteiger partial charge in [-0.2, -0.15) is 0 Å². The normalized spacial score (nSPS) is 10.6. The van der Waals surface area contributed by atoms with Gasteiger partial charge < -0.3 is 5.73 Å². The average molecular weight is 280 g/mol. The van der Waals surface area contributed by atoms with Crippen molar-refractivity contribution in [1.82, 2.24) is 15.0 Å². The number of hydrogen-bond acceptors (Lipinski definition) is 6. The fraction of sp³-hybridized carbons (Fsp3) is 0.273. The lowest BCUT2D eigenvalue weighted by Gasteiger charge is -2.02. The number of thiazole rings is 1. The molecule has 18 heavy (non-hydrogen) atoms. The van der Waals surface area contributed by atoms with Crippen molar-refractivity contribution in [3.63, 3.8) is 0 Å². The molecule has 7 heteroatoms. The minimum absolute atomic E-state index is 0.310. The van der Waals surface area contributed by atoms with Crippen LogP contribution in [0.3, 0.4) is 0 Å². The van der Waals surface area contributed by atoms with Crippen LogP contribution in [-0.4, -0.2) is 27.1 Å². The third-order valence-electron chi connectivity index (χ3n) is 2.26. The molecule has 0 radical (unpaired) electrons. The van der Waals surface area contributed by atoms with Gasteiger partial charge in [0.2, 0.25) is 0 Å². The molecule has 0 saturated carbocycles. The van der Waals surface area contributed by atoms with Gasteiger partial charge in [-0.1, -0.05) is 11.8 Å². The number of rotatable bonds is 3. The predicted molar refractivity (Wildman–Crippen MR) is 72.9 cm³/mol.